The van der Waals surface area contributed by atoms with Gasteiger partial charge in [-0.2, -0.15) is 10.1 Å². The summed E-state index contributed by atoms with van der Waals surface area (Å²) in [5.41, 5.74) is 8.46. The highest BCUT2D eigenvalue weighted by Crippen LogP contribution is 2.17. The normalized spacial score (nSPS) is 11.9. The summed E-state index contributed by atoms with van der Waals surface area (Å²) >= 11 is 0. The summed E-state index contributed by atoms with van der Waals surface area (Å²) in [7, 11) is 0. The third-order valence-corrected chi connectivity index (χ3v) is 4.74. The van der Waals surface area contributed by atoms with Gasteiger partial charge in [0, 0.05) is 24.4 Å². The molecule has 2 aromatic heterocycles. The lowest BCUT2D eigenvalue weighted by Gasteiger charge is -2.31. The van der Waals surface area contributed by atoms with E-state index in [9.17, 15) is 4.79 Å². The zero-order chi connectivity index (χ0) is 17.0. The van der Waals surface area contributed by atoms with Crippen LogP contribution in [-0.2, 0) is 11.2 Å². The molecule has 7 nitrogen and oxygen atoms in total. The topological polar surface area (TPSA) is 98.2 Å². The quantitative estimate of drug-likeness (QED) is 0.802. The Bertz CT molecular complexity index is 681. The molecule has 0 bridgehead atoms. The maximum absolute atomic E-state index is 12.3. The lowest BCUT2D eigenvalue weighted by atomic mass is 9.92. The number of nitrogens with zero attached hydrogens (tertiary/aromatic N) is 4. The van der Waals surface area contributed by atoms with Crippen LogP contribution in [0.2, 0.25) is 0 Å². The third-order valence-electron chi connectivity index (χ3n) is 4.74. The molecule has 3 N–H and O–H groups in total. The fraction of sp³-hybridized carbons (Fsp3) is 0.625. The van der Waals surface area contributed by atoms with Crippen molar-refractivity contribution in [1.82, 2.24) is 24.9 Å². The van der Waals surface area contributed by atoms with Gasteiger partial charge in [0.25, 0.3) is 5.78 Å². The molecule has 126 valence electrons. The smallest absolute Gasteiger partial charge is 0.252 e. The molecule has 2 heterocycles. The fourth-order valence-electron chi connectivity index (χ4n) is 2.88. The number of hydrogen-bond acceptors (Lipinski definition) is 5. The molecule has 0 fully saturated rings. The molecule has 0 aliphatic rings. The van der Waals surface area contributed by atoms with E-state index in [0.29, 0.717) is 25.2 Å². The van der Waals surface area contributed by atoms with Crippen LogP contribution in [0.5, 0.6) is 0 Å². The van der Waals surface area contributed by atoms with Crippen LogP contribution in [0.3, 0.4) is 0 Å². The van der Waals surface area contributed by atoms with Gasteiger partial charge in [-0.15, -0.1) is 0 Å². The summed E-state index contributed by atoms with van der Waals surface area (Å²) in [5, 5.41) is 7.27. The first-order valence-corrected chi connectivity index (χ1v) is 8.13. The Kier molecular flexibility index (Phi) is 5.30. The molecule has 0 aromatic carbocycles. The van der Waals surface area contributed by atoms with Gasteiger partial charge in [-0.05, 0) is 38.7 Å². The van der Waals surface area contributed by atoms with E-state index < -0.39 is 0 Å². The van der Waals surface area contributed by atoms with Gasteiger partial charge in [0.1, 0.15) is 6.33 Å². The van der Waals surface area contributed by atoms with Crippen LogP contribution in [0.4, 0.5) is 0 Å². The van der Waals surface area contributed by atoms with E-state index in [4.69, 9.17) is 5.73 Å². The van der Waals surface area contributed by atoms with Crippen LogP contribution in [0.25, 0.3) is 5.78 Å². The molecule has 2 aromatic rings. The summed E-state index contributed by atoms with van der Waals surface area (Å²) in [5.74, 6) is 0.615. The van der Waals surface area contributed by atoms with Crippen molar-refractivity contribution in [1.29, 1.82) is 0 Å². The standard InChI is InChI=1S/C16H26N6O/c1-5-16(6-2,9-17)21-14(23)8-7-13-11(3)20-15-18-10-19-22(15)12(13)4/h10H,5-9,17H2,1-4H3,(H,21,23). The van der Waals surface area contributed by atoms with Crippen molar-refractivity contribution in [2.75, 3.05) is 6.54 Å². The number of aromatic nitrogens is 4. The minimum atomic E-state index is -0.296. The average Bonchev–Trinajstić information content (AvgIpc) is 3.01. The molecule has 0 atom stereocenters. The van der Waals surface area contributed by atoms with Gasteiger partial charge in [-0.1, -0.05) is 13.8 Å². The minimum Gasteiger partial charge on any atom is -0.349 e. The molecule has 2 rings (SSSR count). The van der Waals surface area contributed by atoms with Crippen molar-refractivity contribution in [2.24, 2.45) is 5.73 Å². The second-order valence-corrected chi connectivity index (χ2v) is 5.97. The van der Waals surface area contributed by atoms with Crippen LogP contribution >= 0.6 is 0 Å². The first-order chi connectivity index (χ1) is 11.0. The van der Waals surface area contributed by atoms with Gasteiger partial charge in [0.05, 0.1) is 5.54 Å². The predicted octanol–water partition coefficient (Wildman–Crippen LogP) is 1.31. The number of amides is 1. The van der Waals surface area contributed by atoms with Crippen LogP contribution in [0, 0.1) is 13.8 Å². The lowest BCUT2D eigenvalue weighted by molar-refractivity contribution is -0.123. The van der Waals surface area contributed by atoms with E-state index in [-0.39, 0.29) is 11.4 Å². The maximum Gasteiger partial charge on any atom is 0.252 e. The van der Waals surface area contributed by atoms with Crippen LogP contribution in [-0.4, -0.2) is 37.6 Å². The number of carbonyl (C=O) groups excluding carboxylic acids is 1. The molecule has 0 aliphatic heterocycles. The van der Waals surface area contributed by atoms with Crippen molar-refractivity contribution >= 4 is 11.7 Å². The summed E-state index contributed by atoms with van der Waals surface area (Å²) in [6.45, 7) is 8.47. The van der Waals surface area contributed by atoms with E-state index in [2.05, 4.69) is 20.4 Å². The molecule has 23 heavy (non-hydrogen) atoms. The molecule has 0 radical (unpaired) electrons. The molecule has 0 unspecified atom stereocenters. The molecular formula is C16H26N6O. The van der Waals surface area contributed by atoms with Crippen LogP contribution < -0.4 is 11.1 Å². The molecule has 0 spiro atoms. The zero-order valence-corrected chi connectivity index (χ0v) is 14.4. The summed E-state index contributed by atoms with van der Waals surface area (Å²) in [6.07, 6.45) is 4.18. The number of carbonyl (C=O) groups is 1. The van der Waals surface area contributed by atoms with E-state index >= 15 is 0 Å². The zero-order valence-electron chi connectivity index (χ0n) is 14.4. The van der Waals surface area contributed by atoms with Gasteiger partial charge in [-0.3, -0.25) is 4.79 Å². The second-order valence-electron chi connectivity index (χ2n) is 5.97. The largest absolute Gasteiger partial charge is 0.349 e. The van der Waals surface area contributed by atoms with Crippen LogP contribution in [0.1, 0.15) is 50.1 Å². The second kappa shape index (κ2) is 7.04. The van der Waals surface area contributed by atoms with Crippen molar-refractivity contribution in [2.45, 2.75) is 58.9 Å². The van der Waals surface area contributed by atoms with Crippen molar-refractivity contribution < 1.29 is 4.79 Å². The Morgan fingerprint density at radius 2 is 2.04 bits per heavy atom. The first-order valence-electron chi connectivity index (χ1n) is 8.13. The maximum atomic E-state index is 12.3. The van der Waals surface area contributed by atoms with Gasteiger partial charge in [-0.25, -0.2) is 9.50 Å². The molecule has 0 saturated carbocycles. The summed E-state index contributed by atoms with van der Waals surface area (Å²) in [6, 6.07) is 0. The highest BCUT2D eigenvalue weighted by molar-refractivity contribution is 5.77. The first kappa shape index (κ1) is 17.3. The molecular weight excluding hydrogens is 292 g/mol. The number of hydrogen-bond donors (Lipinski definition) is 2. The fourth-order valence-corrected chi connectivity index (χ4v) is 2.88. The van der Waals surface area contributed by atoms with Crippen molar-refractivity contribution in [3.05, 3.63) is 23.3 Å². The number of nitrogens with one attached hydrogen (secondary N) is 1. The van der Waals surface area contributed by atoms with E-state index in [1.165, 1.54) is 6.33 Å². The van der Waals surface area contributed by atoms with Crippen LogP contribution in [0.15, 0.2) is 6.33 Å². The third kappa shape index (κ3) is 3.50. The summed E-state index contributed by atoms with van der Waals surface area (Å²) in [4.78, 5) is 20.9. The van der Waals surface area contributed by atoms with Crippen molar-refractivity contribution in [3.63, 3.8) is 0 Å². The van der Waals surface area contributed by atoms with Gasteiger partial charge >= 0.3 is 0 Å². The van der Waals surface area contributed by atoms with E-state index in [1.54, 1.807) is 4.52 Å². The van der Waals surface area contributed by atoms with Gasteiger partial charge < -0.3 is 11.1 Å². The lowest BCUT2D eigenvalue weighted by Crippen LogP contribution is -2.52. The van der Waals surface area contributed by atoms with Crippen molar-refractivity contribution in [3.8, 4) is 0 Å². The average molecular weight is 318 g/mol. The number of nitrogens with two attached hydrogens (primary N) is 1. The predicted molar refractivity (Wildman–Crippen MR) is 89.1 cm³/mol. The summed E-state index contributed by atoms with van der Waals surface area (Å²) < 4.78 is 1.71. The minimum absolute atomic E-state index is 0.0247. The monoisotopic (exact) mass is 318 g/mol. The highest BCUT2D eigenvalue weighted by Gasteiger charge is 2.26. The Labute approximate surface area is 136 Å². The number of aryl methyl sites for hydroxylation is 2. The van der Waals surface area contributed by atoms with E-state index in [0.717, 1.165) is 29.8 Å². The molecule has 7 heteroatoms. The molecule has 1 amide bonds. The van der Waals surface area contributed by atoms with E-state index in [1.807, 2.05) is 27.7 Å². The van der Waals surface area contributed by atoms with Gasteiger partial charge in [0.2, 0.25) is 5.91 Å². The molecule has 0 aliphatic carbocycles. The number of rotatable bonds is 7. The molecule has 0 saturated heterocycles. The Hall–Kier alpha value is -2.02. The Morgan fingerprint density at radius 3 is 2.65 bits per heavy atom. The van der Waals surface area contributed by atoms with Gasteiger partial charge in [0.15, 0.2) is 0 Å². The highest BCUT2D eigenvalue weighted by atomic mass is 16.1. The SMILES string of the molecule is CCC(CC)(CN)NC(=O)CCc1c(C)nc2ncnn2c1C. The Balaban J connectivity index is 2.10. The number of fused-ring (bicyclic) bond motifs is 1. The Morgan fingerprint density at radius 1 is 1.35 bits per heavy atom.